The Bertz CT molecular complexity index is 1390. The third-order valence-corrected chi connectivity index (χ3v) is 6.19. The summed E-state index contributed by atoms with van der Waals surface area (Å²) < 4.78 is 11.8. The summed E-state index contributed by atoms with van der Waals surface area (Å²) in [4.78, 5) is 40.4. The number of carbonyl (C=O) groups is 3. The highest BCUT2D eigenvalue weighted by molar-refractivity contribution is 9.11. The molecule has 0 spiro atoms. The van der Waals surface area contributed by atoms with E-state index in [-0.39, 0.29) is 33.8 Å². The molecule has 1 N–H and O–H groups in total. The van der Waals surface area contributed by atoms with E-state index >= 15 is 0 Å². The molecule has 0 atom stereocenters. The van der Waals surface area contributed by atoms with E-state index in [0.29, 0.717) is 25.8 Å². The zero-order valence-electron chi connectivity index (χ0n) is 18.0. The van der Waals surface area contributed by atoms with Crippen LogP contribution in [0, 0.1) is 0 Å². The summed E-state index contributed by atoms with van der Waals surface area (Å²) in [5, 5.41) is 2.95. The number of ether oxygens (including phenoxy) is 2. The molecule has 176 valence electrons. The summed E-state index contributed by atoms with van der Waals surface area (Å²) in [5.41, 5.74) is 2.15. The number of hydrogen-bond donors (Lipinski definition) is 1. The molecule has 7 nitrogen and oxygen atoms in total. The van der Waals surface area contributed by atoms with Gasteiger partial charge in [-0.15, -0.1) is 0 Å². The number of carbonyl (C=O) groups excluding carboxylic acids is 3. The van der Waals surface area contributed by atoms with E-state index in [1.54, 1.807) is 66.7 Å². The van der Waals surface area contributed by atoms with E-state index in [1.807, 2.05) is 0 Å². The van der Waals surface area contributed by atoms with Crippen molar-refractivity contribution in [1.82, 2.24) is 0 Å². The van der Waals surface area contributed by atoms with Crippen molar-refractivity contribution in [3.8, 4) is 5.75 Å². The Morgan fingerprint density at radius 2 is 1.71 bits per heavy atom. The molecule has 3 aromatic rings. The fraction of sp³-hybridized carbons (Fsp3) is 0.0400. The van der Waals surface area contributed by atoms with Crippen molar-refractivity contribution < 1.29 is 23.9 Å². The van der Waals surface area contributed by atoms with Crippen molar-refractivity contribution in [2.75, 3.05) is 5.32 Å². The van der Waals surface area contributed by atoms with Crippen molar-refractivity contribution >= 4 is 79.0 Å². The number of anilines is 1. The molecule has 0 aromatic heterocycles. The molecule has 35 heavy (non-hydrogen) atoms. The molecule has 10 heteroatoms. The second-order valence-corrected chi connectivity index (χ2v) is 9.39. The summed E-state index contributed by atoms with van der Waals surface area (Å²) in [5.74, 6) is -0.989. The summed E-state index contributed by atoms with van der Waals surface area (Å²) in [6.45, 7) is 1.42. The minimum atomic E-state index is -0.610. The van der Waals surface area contributed by atoms with Gasteiger partial charge in [-0.05, 0) is 92.0 Å². The van der Waals surface area contributed by atoms with E-state index in [9.17, 15) is 14.4 Å². The van der Waals surface area contributed by atoms with Crippen molar-refractivity contribution in [1.29, 1.82) is 0 Å². The quantitative estimate of drug-likeness (QED) is 0.203. The number of benzene rings is 3. The number of aliphatic imine (C=N–C) groups is 1. The number of cyclic esters (lactones) is 1. The van der Waals surface area contributed by atoms with Gasteiger partial charge >= 0.3 is 11.9 Å². The molecule has 1 aliphatic heterocycles. The van der Waals surface area contributed by atoms with Crippen molar-refractivity contribution in [2.45, 2.75) is 6.92 Å². The van der Waals surface area contributed by atoms with E-state index in [4.69, 9.17) is 21.1 Å². The van der Waals surface area contributed by atoms with Gasteiger partial charge in [0.1, 0.15) is 0 Å². The normalized spacial score (nSPS) is 13.9. The number of hydrogen-bond acceptors (Lipinski definition) is 6. The smallest absolute Gasteiger partial charge is 0.363 e. The van der Waals surface area contributed by atoms with Gasteiger partial charge in [-0.1, -0.05) is 23.7 Å². The van der Waals surface area contributed by atoms with Crippen LogP contribution >= 0.6 is 43.5 Å². The highest BCUT2D eigenvalue weighted by Gasteiger charge is 2.25. The van der Waals surface area contributed by atoms with Gasteiger partial charge in [0.2, 0.25) is 11.8 Å². The first kappa shape index (κ1) is 24.8. The minimum Gasteiger partial charge on any atom is -0.420 e. The van der Waals surface area contributed by atoms with Crippen LogP contribution in [0.2, 0.25) is 5.02 Å². The number of nitrogens with zero attached hydrogens (tertiary/aromatic N) is 1. The number of amides is 1. The average molecular weight is 619 g/mol. The van der Waals surface area contributed by atoms with Gasteiger partial charge in [0.15, 0.2) is 11.4 Å². The van der Waals surface area contributed by atoms with Gasteiger partial charge < -0.3 is 14.8 Å². The van der Waals surface area contributed by atoms with E-state index < -0.39 is 11.9 Å². The van der Waals surface area contributed by atoms with E-state index in [1.165, 1.54) is 6.92 Å². The molecule has 1 amide bonds. The molecule has 0 fully saturated rings. The van der Waals surface area contributed by atoms with Crippen LogP contribution in [0.4, 0.5) is 5.69 Å². The standard InChI is InChI=1S/C25H15Br2ClN2O5/c1-13(31)29-16-8-6-15(7-9-16)23-30-21(25(33)35-23)12-14-10-18(26)22(19(27)11-14)34-24(32)17-4-2-3-5-20(17)28/h2-12H,1H3,(H,29,31)/b21-12-. The van der Waals surface area contributed by atoms with Crippen molar-refractivity contribution in [2.24, 2.45) is 4.99 Å². The highest BCUT2D eigenvalue weighted by atomic mass is 79.9. The van der Waals surface area contributed by atoms with Crippen LogP contribution in [0.3, 0.4) is 0 Å². The number of esters is 2. The fourth-order valence-corrected chi connectivity index (χ4v) is 4.72. The van der Waals surface area contributed by atoms with Gasteiger partial charge in [0.05, 0.1) is 19.5 Å². The SMILES string of the molecule is CC(=O)Nc1ccc(C2=N/C(=C\c3cc(Br)c(OC(=O)c4ccccc4Cl)c(Br)c3)C(=O)O2)cc1. The zero-order chi connectivity index (χ0) is 25.1. The lowest BCUT2D eigenvalue weighted by atomic mass is 10.2. The largest absolute Gasteiger partial charge is 0.420 e. The molecule has 0 bridgehead atoms. The Morgan fingerprint density at radius 3 is 2.34 bits per heavy atom. The first-order chi connectivity index (χ1) is 16.7. The van der Waals surface area contributed by atoms with Gasteiger partial charge in [0, 0.05) is 18.2 Å². The van der Waals surface area contributed by atoms with Gasteiger partial charge in [-0.3, -0.25) is 4.79 Å². The highest BCUT2D eigenvalue weighted by Crippen LogP contribution is 2.36. The molecule has 1 heterocycles. The van der Waals surface area contributed by atoms with Crippen LogP contribution in [0.15, 0.2) is 80.3 Å². The molecular weight excluding hydrogens is 604 g/mol. The van der Waals surface area contributed by atoms with Gasteiger partial charge in [-0.25, -0.2) is 14.6 Å². The van der Waals surface area contributed by atoms with Crippen LogP contribution in [0.25, 0.3) is 6.08 Å². The Kier molecular flexibility index (Phi) is 7.49. The Morgan fingerprint density at radius 1 is 1.06 bits per heavy atom. The molecule has 0 aliphatic carbocycles. The predicted octanol–water partition coefficient (Wildman–Crippen LogP) is 6.39. The molecule has 0 radical (unpaired) electrons. The maximum Gasteiger partial charge on any atom is 0.363 e. The van der Waals surface area contributed by atoms with E-state index in [0.717, 1.165) is 0 Å². The first-order valence-electron chi connectivity index (χ1n) is 10.1. The Labute approximate surface area is 222 Å². The Balaban J connectivity index is 1.56. The van der Waals surface area contributed by atoms with Crippen molar-refractivity contribution in [3.05, 3.63) is 97.0 Å². The second-order valence-electron chi connectivity index (χ2n) is 7.28. The van der Waals surface area contributed by atoms with Crippen LogP contribution in [-0.2, 0) is 14.3 Å². The number of nitrogens with one attached hydrogen (secondary N) is 1. The molecule has 0 saturated carbocycles. The molecule has 4 rings (SSSR count). The number of rotatable bonds is 5. The first-order valence-corrected chi connectivity index (χ1v) is 12.0. The lowest BCUT2D eigenvalue weighted by molar-refractivity contribution is -0.129. The topological polar surface area (TPSA) is 94.1 Å². The summed E-state index contributed by atoms with van der Waals surface area (Å²) in [6, 6.07) is 16.7. The van der Waals surface area contributed by atoms with Gasteiger partial charge in [0.25, 0.3) is 0 Å². The van der Waals surface area contributed by atoms with Crippen LogP contribution in [0.1, 0.15) is 28.4 Å². The van der Waals surface area contributed by atoms with Gasteiger partial charge in [-0.2, -0.15) is 0 Å². The maximum atomic E-state index is 12.5. The van der Waals surface area contributed by atoms with E-state index in [2.05, 4.69) is 42.2 Å². The molecule has 3 aromatic carbocycles. The van der Waals surface area contributed by atoms with Crippen LogP contribution < -0.4 is 10.1 Å². The fourth-order valence-electron chi connectivity index (χ4n) is 3.12. The monoisotopic (exact) mass is 616 g/mol. The molecule has 0 saturated heterocycles. The second kappa shape index (κ2) is 10.6. The molecule has 0 unspecified atom stereocenters. The van der Waals surface area contributed by atoms with Crippen LogP contribution in [0.5, 0.6) is 5.75 Å². The predicted molar refractivity (Wildman–Crippen MR) is 140 cm³/mol. The number of halogens is 3. The lowest BCUT2D eigenvalue weighted by Gasteiger charge is -2.10. The lowest BCUT2D eigenvalue weighted by Crippen LogP contribution is -2.10. The maximum absolute atomic E-state index is 12.5. The molecular formula is C25H15Br2ClN2O5. The van der Waals surface area contributed by atoms with Crippen molar-refractivity contribution in [3.63, 3.8) is 0 Å². The minimum absolute atomic E-state index is 0.102. The summed E-state index contributed by atoms with van der Waals surface area (Å²) in [6.07, 6.45) is 1.55. The zero-order valence-corrected chi connectivity index (χ0v) is 21.9. The third kappa shape index (κ3) is 5.87. The third-order valence-electron chi connectivity index (χ3n) is 4.69. The average Bonchev–Trinajstić information content (AvgIpc) is 3.16. The summed E-state index contributed by atoms with van der Waals surface area (Å²) >= 11 is 12.9. The Hall–Kier alpha value is -3.27. The van der Waals surface area contributed by atoms with Crippen LogP contribution in [-0.4, -0.2) is 23.7 Å². The molecule has 1 aliphatic rings. The summed E-state index contributed by atoms with van der Waals surface area (Å²) in [7, 11) is 0.